The quantitative estimate of drug-likeness (QED) is 0.237. The number of ether oxygens (including phenoxy) is 1. The Hall–Kier alpha value is -3.45. The van der Waals surface area contributed by atoms with E-state index < -0.39 is 0 Å². The summed E-state index contributed by atoms with van der Waals surface area (Å²) >= 11 is 0. The summed E-state index contributed by atoms with van der Waals surface area (Å²) in [6.45, 7) is 18.8. The number of hydrogen-bond donors (Lipinski definition) is 0. The summed E-state index contributed by atoms with van der Waals surface area (Å²) in [5, 5.41) is 2.37. The first-order valence-corrected chi connectivity index (χ1v) is 11.1. The number of benzene rings is 3. The van der Waals surface area contributed by atoms with Crippen LogP contribution in [0.3, 0.4) is 0 Å². The molecule has 0 atom stereocenters. The van der Waals surface area contributed by atoms with Gasteiger partial charge in [-0.15, -0.1) is 0 Å². The molecule has 0 saturated heterocycles. The molecule has 32 heavy (non-hydrogen) atoms. The van der Waals surface area contributed by atoms with Gasteiger partial charge in [0.2, 0.25) is 12.1 Å². The van der Waals surface area contributed by atoms with Crippen molar-refractivity contribution in [3.63, 3.8) is 0 Å². The van der Waals surface area contributed by atoms with Crippen LogP contribution in [0.15, 0.2) is 36.4 Å². The Morgan fingerprint density at radius 3 is 2.62 bits per heavy atom. The lowest BCUT2D eigenvalue weighted by Crippen LogP contribution is -2.34. The van der Waals surface area contributed by atoms with Crippen LogP contribution in [-0.2, 0) is 20.0 Å². The molecule has 4 aromatic rings. The van der Waals surface area contributed by atoms with Crippen molar-refractivity contribution in [2.45, 2.75) is 47.6 Å². The summed E-state index contributed by atoms with van der Waals surface area (Å²) in [5.74, 6) is 1.50. The van der Waals surface area contributed by atoms with E-state index >= 15 is 0 Å². The van der Waals surface area contributed by atoms with Crippen LogP contribution in [0.4, 0.5) is 0 Å². The van der Waals surface area contributed by atoms with E-state index in [1.807, 2.05) is 12.1 Å². The normalized spacial score (nSPS) is 12.5. The third-order valence-electron chi connectivity index (χ3n) is 6.42. The van der Waals surface area contributed by atoms with E-state index in [1.54, 1.807) is 0 Å². The molecule has 1 aliphatic heterocycles. The molecule has 5 rings (SSSR count). The largest absolute Gasteiger partial charge is 0.433 e. The van der Waals surface area contributed by atoms with E-state index in [0.29, 0.717) is 12.4 Å². The molecule has 0 aliphatic carbocycles. The standard InChI is InChI=1S/C28H28N3O/c1-16-11-20-12-18(14-28(3,4)5)13-22-24(20)23(17(16)2)26-27(32-22)30-25-19(15-29-6)9-8-10-21(25)31(26)7/h8-13H,14-15H2,1-5,7H3/q+1. The third-order valence-corrected chi connectivity index (χ3v) is 6.42. The number of para-hydroxylation sites is 1. The lowest BCUT2D eigenvalue weighted by atomic mass is 9.85. The maximum atomic E-state index is 7.34. The molecule has 0 unspecified atom stereocenters. The SMILES string of the molecule is [C-]#[N+]Cc1cccc2c1nc1c([n+]2C)-c2c(C)c(C)cc3cc(CC(C)(C)C)cc(c23)O1. The van der Waals surface area contributed by atoms with E-state index in [1.165, 1.54) is 27.6 Å². The van der Waals surface area contributed by atoms with Crippen molar-refractivity contribution in [3.05, 3.63) is 70.1 Å². The highest BCUT2D eigenvalue weighted by molar-refractivity contribution is 6.05. The Bertz CT molecular complexity index is 1470. The van der Waals surface area contributed by atoms with E-state index in [-0.39, 0.29) is 5.41 Å². The molecule has 0 spiro atoms. The minimum atomic E-state index is 0.186. The maximum absolute atomic E-state index is 7.34. The van der Waals surface area contributed by atoms with E-state index in [2.05, 4.69) is 75.3 Å². The van der Waals surface area contributed by atoms with Crippen molar-refractivity contribution in [3.8, 4) is 22.9 Å². The lowest BCUT2D eigenvalue weighted by Gasteiger charge is -2.24. The van der Waals surface area contributed by atoms with Crippen LogP contribution in [0.1, 0.15) is 43.0 Å². The van der Waals surface area contributed by atoms with Gasteiger partial charge < -0.3 is 9.58 Å². The first kappa shape index (κ1) is 20.5. The van der Waals surface area contributed by atoms with Gasteiger partial charge in [-0.3, -0.25) is 0 Å². The predicted molar refractivity (Wildman–Crippen MR) is 129 cm³/mol. The number of aryl methyl sites for hydroxylation is 2. The molecule has 3 aromatic carbocycles. The van der Waals surface area contributed by atoms with Crippen LogP contribution >= 0.6 is 0 Å². The van der Waals surface area contributed by atoms with Crippen LogP contribution in [0.25, 0.3) is 37.9 Å². The van der Waals surface area contributed by atoms with Gasteiger partial charge in [0.05, 0.1) is 11.1 Å². The molecule has 0 bridgehead atoms. The first-order chi connectivity index (χ1) is 15.2. The second-order valence-electron chi connectivity index (χ2n) is 10.2. The number of aromatic nitrogens is 2. The Morgan fingerprint density at radius 1 is 1.12 bits per heavy atom. The fourth-order valence-electron chi connectivity index (χ4n) is 4.95. The average molecular weight is 423 g/mol. The average Bonchev–Trinajstić information content (AvgIpc) is 2.70. The van der Waals surface area contributed by atoms with Gasteiger partial charge in [-0.25, -0.2) is 11.6 Å². The fraction of sp³-hybridized carbons (Fsp3) is 0.321. The van der Waals surface area contributed by atoms with Gasteiger partial charge in [0, 0.05) is 11.5 Å². The highest BCUT2D eigenvalue weighted by Crippen LogP contribution is 2.48. The highest BCUT2D eigenvalue weighted by Gasteiger charge is 2.34. The summed E-state index contributed by atoms with van der Waals surface area (Å²) in [6.07, 6.45) is 0.975. The molecule has 2 heterocycles. The minimum absolute atomic E-state index is 0.186. The zero-order valence-electron chi connectivity index (χ0n) is 19.6. The van der Waals surface area contributed by atoms with Gasteiger partial charge in [-0.05, 0) is 59.9 Å². The van der Waals surface area contributed by atoms with Crippen molar-refractivity contribution in [1.82, 2.24) is 4.98 Å². The van der Waals surface area contributed by atoms with Crippen LogP contribution in [0.2, 0.25) is 0 Å². The van der Waals surface area contributed by atoms with Crippen LogP contribution in [0, 0.1) is 25.8 Å². The highest BCUT2D eigenvalue weighted by atomic mass is 16.5. The van der Waals surface area contributed by atoms with Crippen molar-refractivity contribution in [2.75, 3.05) is 0 Å². The Labute approximate surface area is 189 Å². The smallest absolute Gasteiger partial charge is 0.294 e. The van der Waals surface area contributed by atoms with Crippen molar-refractivity contribution >= 4 is 21.8 Å². The second-order valence-corrected chi connectivity index (χ2v) is 10.2. The Kier molecular flexibility index (Phi) is 4.49. The van der Waals surface area contributed by atoms with E-state index in [4.69, 9.17) is 16.3 Å². The Morgan fingerprint density at radius 2 is 1.91 bits per heavy atom. The summed E-state index contributed by atoms with van der Waals surface area (Å²) in [4.78, 5) is 8.57. The van der Waals surface area contributed by atoms with E-state index in [0.717, 1.165) is 39.8 Å². The summed E-state index contributed by atoms with van der Waals surface area (Å²) < 4.78 is 8.69. The summed E-state index contributed by atoms with van der Waals surface area (Å²) in [6, 6.07) is 12.8. The minimum Gasteiger partial charge on any atom is -0.433 e. The van der Waals surface area contributed by atoms with Crippen LogP contribution in [-0.4, -0.2) is 4.98 Å². The zero-order valence-corrected chi connectivity index (χ0v) is 19.6. The van der Waals surface area contributed by atoms with Crippen LogP contribution < -0.4 is 9.30 Å². The van der Waals surface area contributed by atoms with Crippen LogP contribution in [0.5, 0.6) is 11.6 Å². The van der Waals surface area contributed by atoms with Crippen molar-refractivity contribution < 1.29 is 9.30 Å². The molecule has 0 N–H and O–H groups in total. The lowest BCUT2D eigenvalue weighted by molar-refractivity contribution is -0.634. The summed E-state index contributed by atoms with van der Waals surface area (Å²) in [5.41, 5.74) is 8.95. The topological polar surface area (TPSA) is 30.4 Å². The second kappa shape index (κ2) is 7.03. The molecule has 1 aliphatic rings. The van der Waals surface area contributed by atoms with Gasteiger partial charge >= 0.3 is 0 Å². The predicted octanol–water partition coefficient (Wildman–Crippen LogP) is 6.61. The molecule has 160 valence electrons. The molecule has 1 aromatic heterocycles. The third kappa shape index (κ3) is 3.12. The number of hydrogen-bond acceptors (Lipinski definition) is 2. The number of fused-ring (bicyclic) bond motifs is 3. The molecule has 0 amide bonds. The molecule has 0 saturated carbocycles. The fourth-order valence-corrected chi connectivity index (χ4v) is 4.95. The maximum Gasteiger partial charge on any atom is 0.294 e. The van der Waals surface area contributed by atoms with Crippen molar-refractivity contribution in [1.29, 1.82) is 0 Å². The molecular weight excluding hydrogens is 394 g/mol. The monoisotopic (exact) mass is 422 g/mol. The van der Waals surface area contributed by atoms with Gasteiger partial charge in [0.15, 0.2) is 0 Å². The van der Waals surface area contributed by atoms with Gasteiger partial charge in [0.25, 0.3) is 11.6 Å². The molecule has 4 heteroatoms. The van der Waals surface area contributed by atoms with Crippen molar-refractivity contribution in [2.24, 2.45) is 12.5 Å². The number of nitrogens with zero attached hydrogens (tertiary/aromatic N) is 3. The van der Waals surface area contributed by atoms with Gasteiger partial charge in [-0.2, -0.15) is 4.57 Å². The molecule has 0 radical (unpaired) electrons. The molecule has 4 nitrogen and oxygen atoms in total. The molecule has 0 fully saturated rings. The zero-order chi connectivity index (χ0) is 22.8. The molecular formula is C28H28N3O+. The first-order valence-electron chi connectivity index (χ1n) is 11.1. The Balaban J connectivity index is 1.87. The number of rotatable bonds is 2. The van der Waals surface area contributed by atoms with E-state index in [9.17, 15) is 0 Å². The van der Waals surface area contributed by atoms with Gasteiger partial charge in [-0.1, -0.05) is 39.0 Å². The van der Waals surface area contributed by atoms with Gasteiger partial charge in [0.1, 0.15) is 18.3 Å². The summed E-state index contributed by atoms with van der Waals surface area (Å²) in [7, 11) is 2.07.